The molecule has 2 heteroatoms. The van der Waals surface area contributed by atoms with Crippen LogP contribution in [0.1, 0.15) is 134 Å². The first-order valence-electron chi connectivity index (χ1n) is 15.6. The van der Waals surface area contributed by atoms with Crippen molar-refractivity contribution in [1.82, 2.24) is 0 Å². The highest BCUT2D eigenvalue weighted by atomic mass is 15.1. The molecular weight excluding hydrogens is 424 g/mol. The van der Waals surface area contributed by atoms with E-state index in [1.807, 2.05) is 0 Å². The van der Waals surface area contributed by atoms with Gasteiger partial charge in [-0.25, -0.2) is 4.57 Å². The highest BCUT2D eigenvalue weighted by Gasteiger charge is 2.10. The monoisotopic (exact) mass is 480 g/mol. The summed E-state index contributed by atoms with van der Waals surface area (Å²) in [6, 6.07) is 4.59. The number of nitrogens with one attached hydrogen (secondary N) is 1. The zero-order chi connectivity index (χ0) is 24.2. The zero-order valence-corrected chi connectivity index (χ0v) is 23.0. The summed E-state index contributed by atoms with van der Waals surface area (Å²) in [5.41, 5.74) is 3.13. The molecule has 0 aromatic carbocycles. The van der Waals surface area contributed by atoms with E-state index in [1.165, 1.54) is 160 Å². The molecule has 3 rings (SSSR count). The van der Waals surface area contributed by atoms with Gasteiger partial charge < -0.3 is 4.90 Å². The van der Waals surface area contributed by atoms with Crippen LogP contribution in [0.2, 0.25) is 0 Å². The van der Waals surface area contributed by atoms with Crippen LogP contribution in [0.4, 0.5) is 0 Å². The minimum atomic E-state index is 1.19. The number of hydrogen-bond acceptors (Lipinski definition) is 0. The van der Waals surface area contributed by atoms with Crippen LogP contribution >= 0.6 is 0 Å². The van der Waals surface area contributed by atoms with Crippen LogP contribution in [-0.2, 0) is 13.0 Å². The summed E-state index contributed by atoms with van der Waals surface area (Å²) < 4.78 is 2.43. The Hall–Kier alpha value is -1.41. The lowest BCUT2D eigenvalue weighted by Crippen LogP contribution is -3.07. The van der Waals surface area contributed by atoms with Crippen molar-refractivity contribution in [3.05, 3.63) is 54.0 Å². The lowest BCUT2D eigenvalue weighted by atomic mass is 10.0. The first-order valence-corrected chi connectivity index (χ1v) is 15.6. The fourth-order valence-electron chi connectivity index (χ4n) is 5.88. The maximum atomic E-state index is 2.55. The number of allylic oxidation sites excluding steroid dienone is 2. The first-order chi connectivity index (χ1) is 17.4. The first kappa shape index (κ1) is 28.2. The van der Waals surface area contributed by atoms with Crippen LogP contribution in [0.3, 0.4) is 0 Å². The molecule has 35 heavy (non-hydrogen) atoms. The SMILES string of the molecule is C1=CC2=C[NH+](C1)CCCCCCCCCCCCc1ccc[n+](c1)CCCCCCCCCCC2. The minimum absolute atomic E-state index is 1.19. The fraction of sp³-hybridized carbons (Fsp3) is 0.727. The van der Waals surface area contributed by atoms with Crippen molar-refractivity contribution in [2.75, 3.05) is 13.1 Å². The molecule has 1 unspecified atom stereocenters. The molecule has 1 aromatic heterocycles. The van der Waals surface area contributed by atoms with Crippen molar-refractivity contribution in [1.29, 1.82) is 0 Å². The molecule has 0 spiro atoms. The molecule has 0 radical (unpaired) electrons. The van der Waals surface area contributed by atoms with E-state index in [4.69, 9.17) is 0 Å². The normalized spacial score (nSPS) is 23.9. The Bertz CT molecular complexity index is 720. The highest BCUT2D eigenvalue weighted by molar-refractivity contribution is 5.18. The summed E-state index contributed by atoms with van der Waals surface area (Å²) >= 11 is 0. The molecule has 0 saturated carbocycles. The summed E-state index contributed by atoms with van der Waals surface area (Å²) in [5, 5.41) is 0. The summed E-state index contributed by atoms with van der Waals surface area (Å²) in [5.74, 6) is 0. The molecule has 0 saturated heterocycles. The van der Waals surface area contributed by atoms with Crippen LogP contribution in [0, 0.1) is 0 Å². The predicted molar refractivity (Wildman–Crippen MR) is 151 cm³/mol. The molecule has 0 fully saturated rings. The fourth-order valence-corrected chi connectivity index (χ4v) is 5.88. The summed E-state index contributed by atoms with van der Waals surface area (Å²) in [4.78, 5) is 1.69. The second kappa shape index (κ2) is 18.8. The number of hydrogen-bond donors (Lipinski definition) is 1. The van der Waals surface area contributed by atoms with Crippen molar-refractivity contribution >= 4 is 0 Å². The van der Waals surface area contributed by atoms with Gasteiger partial charge in [-0.15, -0.1) is 0 Å². The van der Waals surface area contributed by atoms with Crippen LogP contribution in [0.5, 0.6) is 0 Å². The van der Waals surface area contributed by atoms with Gasteiger partial charge in [0.2, 0.25) is 0 Å². The van der Waals surface area contributed by atoms with E-state index in [0.717, 1.165) is 0 Å². The number of quaternary nitrogens is 1. The molecule has 0 aliphatic carbocycles. The molecule has 1 aromatic rings. The van der Waals surface area contributed by atoms with Crippen molar-refractivity contribution < 1.29 is 9.47 Å². The molecule has 1 N–H and O–H groups in total. The van der Waals surface area contributed by atoms with Crippen LogP contribution in [0.25, 0.3) is 0 Å². The molecule has 3 heterocycles. The molecule has 2 aliphatic rings. The van der Waals surface area contributed by atoms with E-state index in [0.29, 0.717) is 0 Å². The Morgan fingerprint density at radius 2 is 1.17 bits per heavy atom. The third-order valence-electron chi connectivity index (χ3n) is 8.12. The van der Waals surface area contributed by atoms with E-state index in [9.17, 15) is 0 Å². The molecule has 4 bridgehead atoms. The molecule has 2 aliphatic heterocycles. The van der Waals surface area contributed by atoms with Gasteiger partial charge >= 0.3 is 0 Å². The van der Waals surface area contributed by atoms with Crippen molar-refractivity contribution in [3.63, 3.8) is 0 Å². The predicted octanol–water partition coefficient (Wildman–Crippen LogP) is 7.67. The number of aryl methyl sites for hydroxylation is 2. The van der Waals surface area contributed by atoms with E-state index < -0.39 is 0 Å². The van der Waals surface area contributed by atoms with E-state index in [-0.39, 0.29) is 0 Å². The third kappa shape index (κ3) is 13.5. The van der Waals surface area contributed by atoms with Crippen LogP contribution < -0.4 is 9.47 Å². The molecule has 2 nitrogen and oxygen atoms in total. The Balaban J connectivity index is 1.36. The van der Waals surface area contributed by atoms with Crippen molar-refractivity contribution in [2.45, 2.75) is 141 Å². The highest BCUT2D eigenvalue weighted by Crippen LogP contribution is 2.15. The summed E-state index contributed by atoms with van der Waals surface area (Å²) in [6.07, 6.45) is 41.4. The van der Waals surface area contributed by atoms with Gasteiger partial charge in [-0.3, -0.25) is 0 Å². The summed E-state index contributed by atoms with van der Waals surface area (Å²) in [6.45, 7) is 3.72. The van der Waals surface area contributed by atoms with Gasteiger partial charge in [-0.1, -0.05) is 89.5 Å². The quantitative estimate of drug-likeness (QED) is 0.365. The van der Waals surface area contributed by atoms with Gasteiger partial charge in [0, 0.05) is 23.6 Å². The van der Waals surface area contributed by atoms with Gasteiger partial charge in [0.05, 0.1) is 12.7 Å². The third-order valence-corrected chi connectivity index (χ3v) is 8.12. The van der Waals surface area contributed by atoms with Crippen molar-refractivity contribution in [2.24, 2.45) is 0 Å². The van der Waals surface area contributed by atoms with E-state index in [2.05, 4.69) is 47.4 Å². The second-order valence-corrected chi connectivity index (χ2v) is 11.4. The van der Waals surface area contributed by atoms with Gasteiger partial charge in [0.1, 0.15) is 13.1 Å². The Labute approximate surface area is 217 Å². The van der Waals surface area contributed by atoms with Gasteiger partial charge in [-0.05, 0) is 57.1 Å². The molecule has 0 amide bonds. The molecule has 196 valence electrons. The molecule has 1 atom stereocenters. The Morgan fingerprint density at radius 1 is 0.600 bits per heavy atom. The van der Waals surface area contributed by atoms with Gasteiger partial charge in [0.15, 0.2) is 12.4 Å². The maximum absolute atomic E-state index is 2.55. The molecular formula is C33H56N2+2. The van der Waals surface area contributed by atoms with Crippen LogP contribution in [0.15, 0.2) is 48.5 Å². The lowest BCUT2D eigenvalue weighted by molar-refractivity contribution is -0.841. The average molecular weight is 481 g/mol. The van der Waals surface area contributed by atoms with Gasteiger partial charge in [0.25, 0.3) is 0 Å². The van der Waals surface area contributed by atoms with Crippen molar-refractivity contribution in [3.8, 4) is 0 Å². The van der Waals surface area contributed by atoms with Crippen LogP contribution in [-0.4, -0.2) is 13.1 Å². The topological polar surface area (TPSA) is 8.32 Å². The lowest BCUT2D eigenvalue weighted by Gasteiger charge is -2.18. The Kier molecular flexibility index (Phi) is 15.1. The standard InChI is InChI=1S/C33H55N2/c1-2-6-10-14-18-26-34-28-21-25-33(31-34)23-17-13-9-5-3-7-11-15-19-27-35-29-20-24-32(30-35)22-16-12-8-4-1/h20-21,24-25,29-31H,1-19,22-23,26-28H2/q+1/p+1. The second-order valence-electron chi connectivity index (χ2n) is 11.4. The maximum Gasteiger partial charge on any atom is 0.171 e. The largest absolute Gasteiger partial charge is 0.305 e. The van der Waals surface area contributed by atoms with Gasteiger partial charge in [-0.2, -0.15) is 0 Å². The smallest absolute Gasteiger partial charge is 0.171 e. The number of fused-ring (bicyclic) bond motifs is 3. The zero-order valence-electron chi connectivity index (χ0n) is 23.0. The Morgan fingerprint density at radius 3 is 1.86 bits per heavy atom. The van der Waals surface area contributed by atoms with E-state index in [1.54, 1.807) is 10.5 Å². The van der Waals surface area contributed by atoms with E-state index >= 15 is 0 Å². The minimum Gasteiger partial charge on any atom is -0.305 e. The number of nitrogens with zero attached hydrogens (tertiary/aromatic N) is 1. The average Bonchev–Trinajstić information content (AvgIpc) is 2.88. The number of rotatable bonds is 0. The summed E-state index contributed by atoms with van der Waals surface area (Å²) in [7, 11) is 0. The number of aromatic nitrogens is 1. The number of pyridine rings is 1.